The molecule has 0 aromatic rings. The van der Waals surface area contributed by atoms with Crippen LogP contribution in [0, 0.1) is 0 Å². The summed E-state index contributed by atoms with van der Waals surface area (Å²) >= 11 is 0. The van der Waals surface area contributed by atoms with E-state index >= 15 is 0 Å². The van der Waals surface area contributed by atoms with Crippen LogP contribution >= 0.6 is 0 Å². The van der Waals surface area contributed by atoms with Gasteiger partial charge in [0.2, 0.25) is 0 Å². The molecule has 2 unspecified atom stereocenters. The predicted molar refractivity (Wildman–Crippen MR) is 155 cm³/mol. The lowest BCUT2D eigenvalue weighted by atomic mass is 10.1. The van der Waals surface area contributed by atoms with Crippen LogP contribution in [0.15, 0.2) is 0 Å². The number of unbranched alkanes of at least 4 members (excludes halogenated alkanes) is 3. The van der Waals surface area contributed by atoms with Crippen LogP contribution in [-0.4, -0.2) is 89.3 Å². The maximum absolute atomic E-state index is 12.8. The highest BCUT2D eigenvalue weighted by Gasteiger charge is 2.49. The highest BCUT2D eigenvalue weighted by atomic mass is 16.9. The molecule has 0 radical (unpaired) electrons. The van der Waals surface area contributed by atoms with Gasteiger partial charge < -0.3 is 47.4 Å². The summed E-state index contributed by atoms with van der Waals surface area (Å²) in [7, 11) is 0. The first kappa shape index (κ1) is 40.6. The first-order valence-electron chi connectivity index (χ1n) is 15.7. The van der Waals surface area contributed by atoms with Crippen molar-refractivity contribution in [1.29, 1.82) is 0 Å². The summed E-state index contributed by atoms with van der Waals surface area (Å²) in [6.07, 6.45) is 2.11. The van der Waals surface area contributed by atoms with Gasteiger partial charge in [0, 0.05) is 39.3 Å². The first-order valence-corrected chi connectivity index (χ1v) is 15.7. The van der Waals surface area contributed by atoms with Crippen molar-refractivity contribution in [2.75, 3.05) is 52.9 Å². The van der Waals surface area contributed by atoms with Crippen molar-refractivity contribution in [3.63, 3.8) is 0 Å². The fourth-order valence-electron chi connectivity index (χ4n) is 3.88. The van der Waals surface area contributed by atoms with E-state index in [0.717, 1.165) is 0 Å². The summed E-state index contributed by atoms with van der Waals surface area (Å²) < 4.78 is 57.3. The first-order chi connectivity index (χ1) is 20.3. The third-order valence-corrected chi connectivity index (χ3v) is 5.58. The topological polar surface area (TPSA) is 126 Å². The molecule has 12 nitrogen and oxygen atoms in total. The van der Waals surface area contributed by atoms with Crippen LogP contribution in [0.4, 0.5) is 0 Å². The second kappa shape index (κ2) is 25.0. The molecule has 12 heteroatoms. The van der Waals surface area contributed by atoms with Crippen LogP contribution in [0.25, 0.3) is 0 Å². The molecule has 0 heterocycles. The minimum Gasteiger partial charge on any atom is -0.404 e. The van der Waals surface area contributed by atoms with E-state index in [4.69, 9.17) is 47.4 Å². The summed E-state index contributed by atoms with van der Waals surface area (Å²) in [5.74, 6) is -4.55. The van der Waals surface area contributed by atoms with Crippen LogP contribution < -0.4 is 0 Å². The SMILES string of the molecule is CCCOC(OCC)(OC(=O)CCCCCCC(=O)OC(OCC)(OCCC)C(OCC)OCC)C(OCC)OCC. The molecule has 42 heavy (non-hydrogen) atoms. The molecule has 0 aliphatic rings. The maximum Gasteiger partial charge on any atom is 0.383 e. The van der Waals surface area contributed by atoms with Crippen LogP contribution in [-0.2, 0) is 57.0 Å². The molecule has 0 fully saturated rings. The van der Waals surface area contributed by atoms with Gasteiger partial charge in [0.05, 0.1) is 26.4 Å². The molecule has 0 aliphatic carbocycles. The summed E-state index contributed by atoms with van der Waals surface area (Å²) in [6.45, 7) is 17.0. The number of carbonyl (C=O) groups excluding carboxylic acids is 2. The Bertz CT molecular complexity index is 611. The van der Waals surface area contributed by atoms with Gasteiger partial charge in [-0.05, 0) is 67.2 Å². The Kier molecular flexibility index (Phi) is 24.2. The van der Waals surface area contributed by atoms with E-state index in [1.54, 1.807) is 13.8 Å². The molecule has 0 amide bonds. The van der Waals surface area contributed by atoms with Gasteiger partial charge in [0.25, 0.3) is 12.6 Å². The summed E-state index contributed by atoms with van der Waals surface area (Å²) in [5, 5.41) is 0. The lowest BCUT2D eigenvalue weighted by Crippen LogP contribution is -2.54. The van der Waals surface area contributed by atoms with E-state index in [-0.39, 0.29) is 26.1 Å². The largest absolute Gasteiger partial charge is 0.404 e. The van der Waals surface area contributed by atoms with E-state index in [2.05, 4.69) is 0 Å². The fourth-order valence-corrected chi connectivity index (χ4v) is 3.88. The number of esters is 2. The van der Waals surface area contributed by atoms with Gasteiger partial charge >= 0.3 is 23.9 Å². The lowest BCUT2D eigenvalue weighted by Gasteiger charge is -2.37. The average Bonchev–Trinajstić information content (AvgIpc) is 2.96. The van der Waals surface area contributed by atoms with Gasteiger partial charge in [-0.25, -0.2) is 0 Å². The van der Waals surface area contributed by atoms with Gasteiger partial charge in [-0.2, -0.15) is 0 Å². The van der Waals surface area contributed by atoms with Gasteiger partial charge in [-0.1, -0.05) is 26.7 Å². The van der Waals surface area contributed by atoms with E-state index in [1.165, 1.54) is 0 Å². The Labute approximate surface area is 253 Å². The van der Waals surface area contributed by atoms with Crippen molar-refractivity contribution in [3.05, 3.63) is 0 Å². The van der Waals surface area contributed by atoms with Crippen molar-refractivity contribution >= 4 is 11.9 Å². The summed E-state index contributed by atoms with van der Waals surface area (Å²) in [6, 6.07) is 0. The van der Waals surface area contributed by atoms with Gasteiger partial charge in [0.15, 0.2) is 0 Å². The Balaban J connectivity index is 5.03. The quantitative estimate of drug-likeness (QED) is 0.0607. The zero-order chi connectivity index (χ0) is 31.7. The van der Waals surface area contributed by atoms with E-state index in [0.29, 0.717) is 78.2 Å². The lowest BCUT2D eigenvalue weighted by molar-refractivity contribution is -0.440. The number of ether oxygens (including phenoxy) is 10. The third kappa shape index (κ3) is 15.4. The predicted octanol–water partition coefficient (Wildman–Crippen LogP) is 5.45. The summed E-state index contributed by atoms with van der Waals surface area (Å²) in [5.41, 5.74) is 0. The number of carbonyl (C=O) groups is 2. The average molecular weight is 611 g/mol. The molecular formula is C30H58O12. The molecule has 0 spiro atoms. The molecule has 250 valence electrons. The van der Waals surface area contributed by atoms with Gasteiger partial charge in [-0.3, -0.25) is 9.59 Å². The minimum atomic E-state index is -1.79. The van der Waals surface area contributed by atoms with Crippen molar-refractivity contribution in [2.45, 2.75) is 131 Å². The normalized spacial score (nSPS) is 14.6. The number of hydrogen-bond donors (Lipinski definition) is 0. The van der Waals surface area contributed by atoms with Crippen LogP contribution in [0.1, 0.15) is 107 Å². The Morgan fingerprint density at radius 2 is 0.810 bits per heavy atom. The van der Waals surface area contributed by atoms with Crippen LogP contribution in [0.5, 0.6) is 0 Å². The van der Waals surface area contributed by atoms with Crippen LogP contribution in [0.3, 0.4) is 0 Å². The molecule has 0 saturated carbocycles. The Morgan fingerprint density at radius 1 is 0.476 bits per heavy atom. The Hall–Kier alpha value is -1.38. The zero-order valence-electron chi connectivity index (χ0n) is 27.4. The second-order valence-electron chi connectivity index (χ2n) is 9.12. The maximum atomic E-state index is 12.8. The van der Waals surface area contributed by atoms with E-state index < -0.39 is 36.5 Å². The smallest absolute Gasteiger partial charge is 0.383 e. The molecule has 0 rings (SSSR count). The molecule has 0 aliphatic heterocycles. The van der Waals surface area contributed by atoms with Crippen molar-refractivity contribution < 1.29 is 57.0 Å². The zero-order valence-corrected chi connectivity index (χ0v) is 27.4. The van der Waals surface area contributed by atoms with Gasteiger partial charge in [0.1, 0.15) is 0 Å². The van der Waals surface area contributed by atoms with Crippen molar-refractivity contribution in [2.24, 2.45) is 0 Å². The fraction of sp³-hybridized carbons (Fsp3) is 0.933. The highest BCUT2D eigenvalue weighted by Crippen LogP contribution is 2.28. The molecule has 2 atom stereocenters. The standard InChI is InChI=1S/C30H58O12/c1-9-23-39-29(37-15-7,27(33-11-3)34-12-4)41-25(31)21-19-17-18-20-22-26(32)42-30(38-16-8,40-24-10-2)28(35-13-5)36-14-6/h27-28H,9-24H2,1-8H3. The molecule has 0 saturated heterocycles. The highest BCUT2D eigenvalue weighted by molar-refractivity contribution is 5.70. The van der Waals surface area contributed by atoms with Crippen molar-refractivity contribution in [1.82, 2.24) is 0 Å². The van der Waals surface area contributed by atoms with E-state index in [1.807, 2.05) is 41.5 Å². The summed E-state index contributed by atoms with van der Waals surface area (Å²) in [4.78, 5) is 25.6. The second-order valence-corrected chi connectivity index (χ2v) is 9.12. The number of hydrogen-bond acceptors (Lipinski definition) is 12. The number of rotatable bonds is 29. The van der Waals surface area contributed by atoms with E-state index in [9.17, 15) is 9.59 Å². The molecular weight excluding hydrogens is 552 g/mol. The molecule has 0 aromatic carbocycles. The minimum absolute atomic E-state index is 0.141. The molecule has 0 aromatic heterocycles. The Morgan fingerprint density at radius 3 is 1.07 bits per heavy atom. The van der Waals surface area contributed by atoms with Crippen molar-refractivity contribution in [3.8, 4) is 0 Å². The van der Waals surface area contributed by atoms with Crippen LogP contribution in [0.2, 0.25) is 0 Å². The monoisotopic (exact) mass is 610 g/mol. The van der Waals surface area contributed by atoms with Gasteiger partial charge in [-0.15, -0.1) is 0 Å². The third-order valence-electron chi connectivity index (χ3n) is 5.58. The molecule has 0 N–H and O–H groups in total. The molecule has 0 bridgehead atoms.